The minimum atomic E-state index is -3.48. The van der Waals surface area contributed by atoms with E-state index in [1.165, 1.54) is 13.2 Å². The maximum atomic E-state index is 12.0. The van der Waals surface area contributed by atoms with Gasteiger partial charge in [0.1, 0.15) is 16.3 Å². The Morgan fingerprint density at radius 1 is 1.14 bits per heavy atom. The Morgan fingerprint density at radius 3 is 2.46 bits per heavy atom. The first-order chi connectivity index (χ1) is 13.1. The Morgan fingerprint density at radius 2 is 1.89 bits per heavy atom. The van der Waals surface area contributed by atoms with E-state index in [2.05, 4.69) is 41.2 Å². The smallest absolute Gasteiger partial charge is 0.258 e. The van der Waals surface area contributed by atoms with Crippen LogP contribution in [0.4, 0.5) is 5.69 Å². The Labute approximate surface area is 163 Å². The van der Waals surface area contributed by atoms with Crippen molar-refractivity contribution in [2.24, 2.45) is 0 Å². The molecule has 2 aromatic heterocycles. The van der Waals surface area contributed by atoms with Crippen LogP contribution in [-0.2, 0) is 9.84 Å². The molecule has 0 spiro atoms. The number of sulfone groups is 1. The van der Waals surface area contributed by atoms with Crippen LogP contribution in [0.15, 0.2) is 45.9 Å². The maximum absolute atomic E-state index is 12.0. The van der Waals surface area contributed by atoms with E-state index < -0.39 is 9.84 Å². The number of hydrogen-bond acceptors (Lipinski definition) is 8. The van der Waals surface area contributed by atoms with E-state index in [0.29, 0.717) is 17.1 Å². The molecule has 0 fully saturated rings. The molecule has 0 aliphatic heterocycles. The van der Waals surface area contributed by atoms with E-state index in [0.717, 1.165) is 11.9 Å². The van der Waals surface area contributed by atoms with Crippen molar-refractivity contribution >= 4 is 15.5 Å². The number of ether oxygens (including phenoxy) is 1. The van der Waals surface area contributed by atoms with Crippen molar-refractivity contribution in [1.82, 2.24) is 15.1 Å². The summed E-state index contributed by atoms with van der Waals surface area (Å²) in [6.07, 6.45) is 2.82. The van der Waals surface area contributed by atoms with Crippen molar-refractivity contribution in [3.05, 3.63) is 36.5 Å². The fourth-order valence-electron chi connectivity index (χ4n) is 2.58. The number of benzene rings is 1. The second-order valence-electron chi connectivity index (χ2n) is 7.37. The molecule has 1 aromatic carbocycles. The number of anilines is 1. The third-order valence-electron chi connectivity index (χ3n) is 3.75. The standard InChI is InChI=1S/C19H22N4O4S/c1-19(2,3)22-13-7-8-14(20-11-13)17-21-18(27-23-17)12-6-9-15(26-4)16(10-12)28(5,24)25/h6-11,22H,1-5H3. The maximum Gasteiger partial charge on any atom is 0.258 e. The number of rotatable bonds is 5. The summed E-state index contributed by atoms with van der Waals surface area (Å²) >= 11 is 0. The van der Waals surface area contributed by atoms with E-state index in [1.807, 2.05) is 6.07 Å². The summed E-state index contributed by atoms with van der Waals surface area (Å²) < 4.78 is 34.4. The lowest BCUT2D eigenvalue weighted by molar-refractivity contribution is 0.402. The van der Waals surface area contributed by atoms with E-state index in [-0.39, 0.29) is 22.1 Å². The number of nitrogens with zero attached hydrogens (tertiary/aromatic N) is 3. The Hall–Kier alpha value is -2.94. The molecule has 2 heterocycles. The van der Waals surface area contributed by atoms with Gasteiger partial charge in [0.2, 0.25) is 5.82 Å². The lowest BCUT2D eigenvalue weighted by Gasteiger charge is -2.21. The number of hydrogen-bond donors (Lipinski definition) is 1. The first-order valence-corrected chi connectivity index (χ1v) is 10.4. The SMILES string of the molecule is COc1ccc(-c2nc(-c3ccc(NC(C)(C)C)cn3)no2)cc1S(C)(=O)=O. The summed E-state index contributed by atoms with van der Waals surface area (Å²) in [5, 5.41) is 7.28. The van der Waals surface area contributed by atoms with E-state index >= 15 is 0 Å². The van der Waals surface area contributed by atoms with Crippen LogP contribution in [0.1, 0.15) is 20.8 Å². The molecule has 0 saturated heterocycles. The van der Waals surface area contributed by atoms with Crippen LogP contribution < -0.4 is 10.1 Å². The second-order valence-corrected chi connectivity index (χ2v) is 9.35. The molecule has 0 unspecified atom stereocenters. The van der Waals surface area contributed by atoms with Gasteiger partial charge >= 0.3 is 0 Å². The third-order valence-corrected chi connectivity index (χ3v) is 4.87. The molecule has 1 N–H and O–H groups in total. The van der Waals surface area contributed by atoms with Gasteiger partial charge in [0.15, 0.2) is 9.84 Å². The van der Waals surface area contributed by atoms with Crippen LogP contribution in [-0.4, -0.2) is 42.4 Å². The third kappa shape index (κ3) is 4.48. The topological polar surface area (TPSA) is 107 Å². The van der Waals surface area contributed by atoms with Gasteiger partial charge in [0.05, 0.1) is 19.0 Å². The number of pyridine rings is 1. The molecule has 0 atom stereocenters. The molecule has 0 radical (unpaired) electrons. The molecule has 3 rings (SSSR count). The average Bonchev–Trinajstić information content (AvgIpc) is 3.10. The van der Waals surface area contributed by atoms with Crippen LogP contribution >= 0.6 is 0 Å². The van der Waals surface area contributed by atoms with Gasteiger partial charge in [-0.15, -0.1) is 0 Å². The quantitative estimate of drug-likeness (QED) is 0.692. The highest BCUT2D eigenvalue weighted by atomic mass is 32.2. The van der Waals surface area contributed by atoms with Gasteiger partial charge in [-0.1, -0.05) is 5.16 Å². The van der Waals surface area contributed by atoms with E-state index in [1.54, 1.807) is 24.4 Å². The first kappa shape index (κ1) is 19.8. The summed E-state index contributed by atoms with van der Waals surface area (Å²) in [7, 11) is -2.06. The van der Waals surface area contributed by atoms with Crippen molar-refractivity contribution in [2.45, 2.75) is 31.2 Å². The molecular formula is C19H22N4O4S. The van der Waals surface area contributed by atoms with Gasteiger partial charge in [0.25, 0.3) is 5.89 Å². The zero-order valence-corrected chi connectivity index (χ0v) is 17.2. The zero-order chi connectivity index (χ0) is 20.5. The summed E-state index contributed by atoms with van der Waals surface area (Å²) in [6, 6.07) is 8.35. The molecule has 0 aliphatic rings. The van der Waals surface area contributed by atoms with E-state index in [9.17, 15) is 8.42 Å². The molecular weight excluding hydrogens is 380 g/mol. The molecule has 8 nitrogen and oxygen atoms in total. The average molecular weight is 402 g/mol. The Bertz CT molecular complexity index is 1080. The summed E-state index contributed by atoms with van der Waals surface area (Å²) in [5.74, 6) is 0.768. The predicted octanol–water partition coefficient (Wildman–Crippen LogP) is 3.42. The van der Waals surface area contributed by atoms with Gasteiger partial charge < -0.3 is 14.6 Å². The van der Waals surface area contributed by atoms with Crippen molar-refractivity contribution < 1.29 is 17.7 Å². The van der Waals surface area contributed by atoms with Crippen molar-refractivity contribution in [3.8, 4) is 28.7 Å². The lowest BCUT2D eigenvalue weighted by atomic mass is 10.1. The van der Waals surface area contributed by atoms with Gasteiger partial charge in [-0.05, 0) is 51.1 Å². The molecule has 9 heteroatoms. The summed E-state index contributed by atoms with van der Waals surface area (Å²) in [4.78, 5) is 8.76. The molecule has 0 amide bonds. The van der Waals surface area contributed by atoms with Crippen LogP contribution in [0.5, 0.6) is 5.75 Å². The van der Waals surface area contributed by atoms with E-state index in [4.69, 9.17) is 9.26 Å². The van der Waals surface area contributed by atoms with Crippen LogP contribution in [0.3, 0.4) is 0 Å². The molecule has 0 aliphatic carbocycles. The van der Waals surface area contributed by atoms with Crippen LogP contribution in [0.2, 0.25) is 0 Å². The van der Waals surface area contributed by atoms with Crippen LogP contribution in [0, 0.1) is 0 Å². The monoisotopic (exact) mass is 402 g/mol. The first-order valence-electron chi connectivity index (χ1n) is 8.53. The highest BCUT2D eigenvalue weighted by molar-refractivity contribution is 7.90. The van der Waals surface area contributed by atoms with Gasteiger partial charge in [-0.2, -0.15) is 4.98 Å². The number of methoxy groups -OCH3 is 1. The Balaban J connectivity index is 1.90. The number of nitrogens with one attached hydrogen (secondary N) is 1. The van der Waals surface area contributed by atoms with Crippen molar-refractivity contribution in [3.63, 3.8) is 0 Å². The number of aromatic nitrogens is 3. The molecule has 28 heavy (non-hydrogen) atoms. The summed E-state index contributed by atoms with van der Waals surface area (Å²) in [6.45, 7) is 6.18. The minimum Gasteiger partial charge on any atom is -0.495 e. The highest BCUT2D eigenvalue weighted by Crippen LogP contribution is 2.30. The second kappa shape index (κ2) is 7.23. The zero-order valence-electron chi connectivity index (χ0n) is 16.3. The normalized spacial score (nSPS) is 12.0. The lowest BCUT2D eigenvalue weighted by Crippen LogP contribution is -2.26. The van der Waals surface area contributed by atoms with Crippen molar-refractivity contribution in [2.75, 3.05) is 18.7 Å². The Kier molecular flexibility index (Phi) is 5.12. The summed E-state index contributed by atoms with van der Waals surface area (Å²) in [5.41, 5.74) is 1.83. The molecule has 3 aromatic rings. The predicted molar refractivity (Wildman–Crippen MR) is 106 cm³/mol. The fraction of sp³-hybridized carbons (Fsp3) is 0.316. The van der Waals surface area contributed by atoms with Crippen molar-refractivity contribution in [1.29, 1.82) is 0 Å². The van der Waals surface area contributed by atoms with Crippen LogP contribution in [0.25, 0.3) is 23.0 Å². The van der Waals surface area contributed by atoms with Gasteiger partial charge in [-0.25, -0.2) is 8.42 Å². The molecule has 0 bridgehead atoms. The highest BCUT2D eigenvalue weighted by Gasteiger charge is 2.19. The fourth-order valence-corrected chi connectivity index (χ4v) is 3.44. The molecule has 0 saturated carbocycles. The largest absolute Gasteiger partial charge is 0.495 e. The van der Waals surface area contributed by atoms with Gasteiger partial charge in [-0.3, -0.25) is 4.98 Å². The minimum absolute atomic E-state index is 0.0583. The van der Waals surface area contributed by atoms with Gasteiger partial charge in [0, 0.05) is 17.4 Å². The molecule has 148 valence electrons.